The topological polar surface area (TPSA) is 12.0 Å². The van der Waals surface area contributed by atoms with E-state index in [4.69, 9.17) is 0 Å². The molecule has 156 valence electrons. The normalized spacial score (nSPS) is 17.2. The molecule has 1 nitrogen and oxygen atoms in total. The minimum absolute atomic E-state index is 0.503. The van der Waals surface area contributed by atoms with Crippen LogP contribution in [0.15, 0.2) is 54.8 Å². The third-order valence-corrected chi connectivity index (χ3v) is 6.56. The first kappa shape index (κ1) is 21.7. The Hall–Kier alpha value is -2.02. The van der Waals surface area contributed by atoms with Crippen LogP contribution in [0.4, 0.5) is 0 Å². The highest BCUT2D eigenvalue weighted by molar-refractivity contribution is 5.97. The average molecular weight is 390 g/mol. The molecule has 1 atom stereocenters. The first-order chi connectivity index (χ1) is 14.1. The van der Waals surface area contributed by atoms with Gasteiger partial charge in [0.05, 0.1) is 0 Å². The van der Waals surface area contributed by atoms with Gasteiger partial charge in [-0.25, -0.2) is 0 Å². The van der Waals surface area contributed by atoms with Gasteiger partial charge in [0.2, 0.25) is 0 Å². The summed E-state index contributed by atoms with van der Waals surface area (Å²) in [4.78, 5) is 0. The molecule has 0 heterocycles. The summed E-state index contributed by atoms with van der Waals surface area (Å²) in [6.07, 6.45) is 17.4. The summed E-state index contributed by atoms with van der Waals surface area (Å²) in [5.74, 6) is 0.781. The van der Waals surface area contributed by atoms with Gasteiger partial charge in [0.15, 0.2) is 0 Å². The Morgan fingerprint density at radius 2 is 1.90 bits per heavy atom. The Kier molecular flexibility index (Phi) is 7.58. The van der Waals surface area contributed by atoms with Crippen molar-refractivity contribution >= 4 is 5.57 Å². The Bertz CT molecular complexity index is 804. The monoisotopic (exact) mass is 389 g/mol. The fraction of sp³-hybridized carbons (Fsp3) is 0.500. The molecule has 0 radical (unpaired) electrons. The third kappa shape index (κ3) is 5.53. The van der Waals surface area contributed by atoms with Crippen molar-refractivity contribution in [2.75, 3.05) is 0 Å². The molecular weight excluding hydrogens is 350 g/mol. The smallest absolute Gasteiger partial charge is 0.0324 e. The van der Waals surface area contributed by atoms with E-state index < -0.39 is 0 Å². The molecule has 2 aliphatic carbocycles. The summed E-state index contributed by atoms with van der Waals surface area (Å²) < 4.78 is 0. The Morgan fingerprint density at radius 1 is 1.14 bits per heavy atom. The van der Waals surface area contributed by atoms with E-state index in [9.17, 15) is 0 Å². The van der Waals surface area contributed by atoms with Crippen molar-refractivity contribution in [3.63, 3.8) is 0 Å². The van der Waals surface area contributed by atoms with Crippen LogP contribution >= 0.6 is 0 Å². The minimum atomic E-state index is 0.503. The van der Waals surface area contributed by atoms with Crippen LogP contribution in [-0.4, -0.2) is 6.04 Å². The van der Waals surface area contributed by atoms with Gasteiger partial charge in [-0.3, -0.25) is 0 Å². The van der Waals surface area contributed by atoms with Crippen LogP contribution in [0.25, 0.3) is 5.57 Å². The van der Waals surface area contributed by atoms with E-state index in [-0.39, 0.29) is 0 Å². The second kappa shape index (κ2) is 10.1. The summed E-state index contributed by atoms with van der Waals surface area (Å²) in [6, 6.07) is 5.47. The van der Waals surface area contributed by atoms with Gasteiger partial charge in [-0.2, -0.15) is 0 Å². The molecule has 0 bridgehead atoms. The molecule has 0 spiro atoms. The van der Waals surface area contributed by atoms with Crippen LogP contribution in [-0.2, 0) is 19.3 Å². The zero-order valence-electron chi connectivity index (χ0n) is 18.8. The Labute approximate surface area is 178 Å². The number of allylic oxidation sites excluding steroid dienone is 5. The van der Waals surface area contributed by atoms with Gasteiger partial charge in [0.25, 0.3) is 0 Å². The summed E-state index contributed by atoms with van der Waals surface area (Å²) in [5.41, 5.74) is 9.77. The lowest BCUT2D eigenvalue weighted by molar-refractivity contribution is 0.240. The number of aryl methyl sites for hydroxylation is 2. The first-order valence-electron chi connectivity index (χ1n) is 11.7. The van der Waals surface area contributed by atoms with E-state index in [1.165, 1.54) is 65.5 Å². The molecule has 0 saturated heterocycles. The lowest BCUT2D eigenvalue weighted by atomic mass is 9.76. The van der Waals surface area contributed by atoms with Gasteiger partial charge < -0.3 is 5.32 Å². The van der Waals surface area contributed by atoms with Gasteiger partial charge >= 0.3 is 0 Å². The number of nitrogens with one attached hydrogen (secondary N) is 1. The lowest BCUT2D eigenvalue weighted by Gasteiger charge is -2.35. The van der Waals surface area contributed by atoms with Gasteiger partial charge in [-0.05, 0) is 96.2 Å². The highest BCUT2D eigenvalue weighted by atomic mass is 14.9. The summed E-state index contributed by atoms with van der Waals surface area (Å²) in [5, 5.41) is 3.75. The largest absolute Gasteiger partial charge is 0.388 e. The highest BCUT2D eigenvalue weighted by Gasteiger charge is 2.29. The van der Waals surface area contributed by atoms with Crippen LogP contribution < -0.4 is 5.32 Å². The van der Waals surface area contributed by atoms with Crippen LogP contribution in [0, 0.1) is 5.92 Å². The van der Waals surface area contributed by atoms with E-state index in [0.717, 1.165) is 31.6 Å². The standard InChI is InChI=1S/C28H39N/c1-6-10-20(4)14-15-29-28(23-12-9-13-23)19-25-17-24(11-7-2)22(8-3)18-27(25)26-16-21(26)5/h14-18,23,28-29H,4-13,19H2,1-3H3/b15-14+. The van der Waals surface area contributed by atoms with Gasteiger partial charge in [-0.15, -0.1) is 0 Å². The maximum atomic E-state index is 4.18. The van der Waals surface area contributed by atoms with E-state index in [1.54, 1.807) is 5.56 Å². The van der Waals surface area contributed by atoms with E-state index >= 15 is 0 Å². The van der Waals surface area contributed by atoms with E-state index in [0.29, 0.717) is 6.04 Å². The van der Waals surface area contributed by atoms with Crippen molar-refractivity contribution < 1.29 is 0 Å². The Balaban J connectivity index is 1.83. The summed E-state index contributed by atoms with van der Waals surface area (Å²) in [6.45, 7) is 15.1. The number of hydrogen-bond donors (Lipinski definition) is 1. The predicted molar refractivity (Wildman–Crippen MR) is 128 cm³/mol. The number of benzene rings is 1. The van der Waals surface area contributed by atoms with Crippen molar-refractivity contribution in [1.29, 1.82) is 0 Å². The van der Waals surface area contributed by atoms with Crippen molar-refractivity contribution in [3.05, 3.63) is 77.0 Å². The van der Waals surface area contributed by atoms with Gasteiger partial charge in [-0.1, -0.05) is 70.9 Å². The zero-order valence-corrected chi connectivity index (χ0v) is 18.8. The zero-order chi connectivity index (χ0) is 20.8. The molecule has 1 heteroatoms. The second-order valence-electron chi connectivity index (χ2n) is 8.87. The quantitative estimate of drug-likeness (QED) is 0.369. The molecule has 1 aromatic rings. The van der Waals surface area contributed by atoms with Crippen LogP contribution in [0.5, 0.6) is 0 Å². The molecule has 29 heavy (non-hydrogen) atoms. The average Bonchev–Trinajstić information content (AvgIpc) is 3.37. The maximum Gasteiger partial charge on any atom is 0.0324 e. The van der Waals surface area contributed by atoms with Crippen molar-refractivity contribution in [2.24, 2.45) is 5.92 Å². The first-order valence-corrected chi connectivity index (χ1v) is 11.7. The summed E-state index contributed by atoms with van der Waals surface area (Å²) >= 11 is 0. The molecule has 0 amide bonds. The van der Waals surface area contributed by atoms with Crippen molar-refractivity contribution in [1.82, 2.24) is 5.32 Å². The fourth-order valence-corrected chi connectivity index (χ4v) is 4.51. The van der Waals surface area contributed by atoms with Crippen LogP contribution in [0.1, 0.15) is 81.5 Å². The number of hydrogen-bond acceptors (Lipinski definition) is 1. The number of rotatable bonds is 12. The van der Waals surface area contributed by atoms with E-state index in [1.807, 2.05) is 0 Å². The molecule has 1 saturated carbocycles. The highest BCUT2D eigenvalue weighted by Crippen LogP contribution is 2.40. The van der Waals surface area contributed by atoms with Crippen molar-refractivity contribution in [3.8, 4) is 0 Å². The molecule has 1 N–H and O–H groups in total. The van der Waals surface area contributed by atoms with Crippen LogP contribution in [0.3, 0.4) is 0 Å². The Morgan fingerprint density at radius 3 is 2.45 bits per heavy atom. The lowest BCUT2D eigenvalue weighted by Crippen LogP contribution is -2.38. The minimum Gasteiger partial charge on any atom is -0.388 e. The molecule has 2 aliphatic rings. The molecule has 1 fully saturated rings. The second-order valence-corrected chi connectivity index (χ2v) is 8.87. The molecule has 1 aromatic carbocycles. The van der Waals surface area contributed by atoms with Gasteiger partial charge in [0, 0.05) is 6.04 Å². The molecule has 0 aromatic heterocycles. The molecule has 3 rings (SSSR count). The third-order valence-electron chi connectivity index (χ3n) is 6.56. The molecule has 1 unspecified atom stereocenters. The fourth-order valence-electron chi connectivity index (χ4n) is 4.51. The van der Waals surface area contributed by atoms with Crippen molar-refractivity contribution in [2.45, 2.75) is 84.6 Å². The van der Waals surface area contributed by atoms with Gasteiger partial charge in [0.1, 0.15) is 0 Å². The summed E-state index contributed by atoms with van der Waals surface area (Å²) in [7, 11) is 0. The molecule has 0 aliphatic heterocycles. The maximum absolute atomic E-state index is 4.18. The van der Waals surface area contributed by atoms with Crippen LogP contribution in [0.2, 0.25) is 0 Å². The predicted octanol–water partition coefficient (Wildman–Crippen LogP) is 7.33. The molecular formula is C28H39N. The van der Waals surface area contributed by atoms with E-state index in [2.05, 4.69) is 69.7 Å². The SMILES string of the molecule is C=C(/C=C/NC(Cc1cc(CCC)c(CC)cc1C1=CC1=C)C1CCC1)CCC.